The zero-order valence-electron chi connectivity index (χ0n) is 12.5. The van der Waals surface area contributed by atoms with Gasteiger partial charge in [0, 0.05) is 5.56 Å². The molecule has 1 N–H and O–H groups in total. The molecule has 1 fully saturated rings. The van der Waals surface area contributed by atoms with E-state index in [2.05, 4.69) is 10.3 Å². The van der Waals surface area contributed by atoms with Gasteiger partial charge in [-0.15, -0.1) is 0 Å². The van der Waals surface area contributed by atoms with Gasteiger partial charge in [-0.1, -0.05) is 41.4 Å². The first-order valence-electron chi connectivity index (χ1n) is 6.94. The summed E-state index contributed by atoms with van der Waals surface area (Å²) in [7, 11) is 1.59. The summed E-state index contributed by atoms with van der Waals surface area (Å²) in [6.45, 7) is 0. The molecule has 122 valence electrons. The Bertz CT molecular complexity index is 865. The van der Waals surface area contributed by atoms with Gasteiger partial charge in [-0.2, -0.15) is 0 Å². The second kappa shape index (κ2) is 7.30. The third-order valence-electron chi connectivity index (χ3n) is 3.21. The second-order valence-electron chi connectivity index (χ2n) is 4.82. The average molecular weight is 379 g/mol. The average Bonchev–Trinajstić information content (AvgIpc) is 2.91. The van der Waals surface area contributed by atoms with Crippen molar-refractivity contribution in [2.75, 3.05) is 7.11 Å². The van der Waals surface area contributed by atoms with Crippen LogP contribution in [-0.4, -0.2) is 18.2 Å². The molecule has 3 rings (SSSR count). The molecule has 24 heavy (non-hydrogen) atoms. The maximum atomic E-state index is 12.1. The summed E-state index contributed by atoms with van der Waals surface area (Å²) < 4.78 is 5.29. The predicted molar refractivity (Wildman–Crippen MR) is 100 cm³/mol. The molecule has 0 radical (unpaired) electrons. The summed E-state index contributed by atoms with van der Waals surface area (Å²) in [6.07, 6.45) is 1.77. The van der Waals surface area contributed by atoms with Crippen LogP contribution in [0.4, 0.5) is 5.69 Å². The van der Waals surface area contributed by atoms with Gasteiger partial charge < -0.3 is 10.1 Å². The van der Waals surface area contributed by atoms with E-state index in [0.29, 0.717) is 31.6 Å². The molecule has 0 spiro atoms. The molecule has 0 saturated carbocycles. The monoisotopic (exact) mass is 378 g/mol. The van der Waals surface area contributed by atoms with E-state index in [1.807, 2.05) is 24.3 Å². The summed E-state index contributed by atoms with van der Waals surface area (Å²) in [5, 5.41) is 4.09. The summed E-state index contributed by atoms with van der Waals surface area (Å²) in [5.41, 5.74) is 1.44. The fourth-order valence-corrected chi connectivity index (χ4v) is 3.20. The Hall–Kier alpha value is -1.95. The Balaban J connectivity index is 1.86. The number of ether oxygens (including phenoxy) is 1. The number of amides is 1. The van der Waals surface area contributed by atoms with E-state index < -0.39 is 0 Å². The highest BCUT2D eigenvalue weighted by Crippen LogP contribution is 2.32. The molecule has 1 amide bonds. The van der Waals surface area contributed by atoms with E-state index in [0.717, 1.165) is 5.56 Å². The molecule has 1 heterocycles. The number of carbonyl (C=O) groups is 1. The van der Waals surface area contributed by atoms with Gasteiger partial charge in [0.05, 0.1) is 27.7 Å². The van der Waals surface area contributed by atoms with Gasteiger partial charge in [-0.05, 0) is 42.1 Å². The molecule has 2 aromatic rings. The minimum Gasteiger partial charge on any atom is -0.496 e. The number of benzene rings is 2. The van der Waals surface area contributed by atoms with E-state index in [1.165, 1.54) is 11.8 Å². The Morgan fingerprint density at radius 1 is 1.17 bits per heavy atom. The van der Waals surface area contributed by atoms with Crippen molar-refractivity contribution in [1.29, 1.82) is 0 Å². The smallest absolute Gasteiger partial charge is 0.264 e. The Kier molecular flexibility index (Phi) is 5.14. The van der Waals surface area contributed by atoms with Gasteiger partial charge in [-0.25, -0.2) is 4.99 Å². The highest BCUT2D eigenvalue weighted by molar-refractivity contribution is 8.18. The molecule has 1 saturated heterocycles. The first kappa shape index (κ1) is 16.9. The van der Waals surface area contributed by atoms with Crippen LogP contribution < -0.4 is 10.1 Å². The van der Waals surface area contributed by atoms with Crippen LogP contribution in [0.1, 0.15) is 5.56 Å². The van der Waals surface area contributed by atoms with Gasteiger partial charge >= 0.3 is 0 Å². The van der Waals surface area contributed by atoms with Crippen LogP contribution in [0.5, 0.6) is 5.75 Å². The van der Waals surface area contributed by atoms with Crippen LogP contribution in [0.15, 0.2) is 52.4 Å². The lowest BCUT2D eigenvalue weighted by Crippen LogP contribution is -2.19. The molecule has 1 aliphatic heterocycles. The SMILES string of the molecule is COc1ccccc1/C=C1/SC(=Nc2ccc(Cl)c(Cl)c2)NC1=O. The predicted octanol–water partition coefficient (Wildman–Crippen LogP) is 4.89. The molecule has 0 atom stereocenters. The summed E-state index contributed by atoms with van der Waals surface area (Å²) >= 11 is 13.1. The van der Waals surface area contributed by atoms with Crippen molar-refractivity contribution in [3.63, 3.8) is 0 Å². The number of hydrogen-bond donors (Lipinski definition) is 1. The van der Waals surface area contributed by atoms with E-state index in [9.17, 15) is 4.79 Å². The fraction of sp³-hybridized carbons (Fsp3) is 0.0588. The third-order valence-corrected chi connectivity index (χ3v) is 4.86. The lowest BCUT2D eigenvalue weighted by molar-refractivity contribution is -0.115. The van der Waals surface area contributed by atoms with Gasteiger partial charge in [0.1, 0.15) is 5.75 Å². The molecular formula is C17H12Cl2N2O2S. The van der Waals surface area contributed by atoms with Crippen molar-refractivity contribution < 1.29 is 9.53 Å². The van der Waals surface area contributed by atoms with Crippen molar-refractivity contribution in [1.82, 2.24) is 5.32 Å². The van der Waals surface area contributed by atoms with Gasteiger partial charge in [0.2, 0.25) is 0 Å². The third kappa shape index (κ3) is 3.75. The van der Waals surface area contributed by atoms with E-state index in [1.54, 1.807) is 31.4 Å². The maximum Gasteiger partial charge on any atom is 0.264 e. The number of halogens is 2. The number of carbonyl (C=O) groups excluding carboxylic acids is 1. The minimum absolute atomic E-state index is 0.204. The minimum atomic E-state index is -0.204. The maximum absolute atomic E-state index is 12.1. The summed E-state index contributed by atoms with van der Waals surface area (Å²) in [4.78, 5) is 17.0. The molecule has 1 aliphatic rings. The molecule has 0 unspecified atom stereocenters. The first-order chi connectivity index (χ1) is 11.6. The van der Waals surface area contributed by atoms with Crippen molar-refractivity contribution in [2.45, 2.75) is 0 Å². The van der Waals surface area contributed by atoms with Crippen LogP contribution in [0, 0.1) is 0 Å². The normalized spacial score (nSPS) is 17.4. The van der Waals surface area contributed by atoms with Crippen molar-refractivity contribution in [3.8, 4) is 5.75 Å². The molecule has 2 aromatic carbocycles. The lowest BCUT2D eigenvalue weighted by Gasteiger charge is -2.03. The number of nitrogens with zero attached hydrogens (tertiary/aromatic N) is 1. The van der Waals surface area contributed by atoms with Crippen molar-refractivity contribution in [2.24, 2.45) is 4.99 Å². The number of thioether (sulfide) groups is 1. The highest BCUT2D eigenvalue weighted by atomic mass is 35.5. The van der Waals surface area contributed by atoms with Gasteiger partial charge in [0.25, 0.3) is 5.91 Å². The van der Waals surface area contributed by atoms with Crippen LogP contribution in [0.3, 0.4) is 0 Å². The van der Waals surface area contributed by atoms with E-state index in [-0.39, 0.29) is 5.91 Å². The number of aliphatic imine (C=N–C) groups is 1. The van der Waals surface area contributed by atoms with Crippen LogP contribution >= 0.6 is 35.0 Å². The number of nitrogens with one attached hydrogen (secondary N) is 1. The van der Waals surface area contributed by atoms with E-state index in [4.69, 9.17) is 27.9 Å². The van der Waals surface area contributed by atoms with Crippen molar-refractivity contribution in [3.05, 3.63) is 63.0 Å². The standard InChI is InChI=1S/C17H12Cl2N2O2S/c1-23-14-5-3-2-4-10(14)8-15-16(22)21-17(24-15)20-11-6-7-12(18)13(19)9-11/h2-9H,1H3,(H,20,21,22)/b15-8+. The number of methoxy groups -OCH3 is 1. The Morgan fingerprint density at radius 2 is 1.96 bits per heavy atom. The van der Waals surface area contributed by atoms with Gasteiger partial charge in [-0.3, -0.25) is 4.79 Å². The number of rotatable bonds is 3. The quantitative estimate of drug-likeness (QED) is 0.773. The van der Waals surface area contributed by atoms with E-state index >= 15 is 0 Å². The zero-order chi connectivity index (χ0) is 17.1. The van der Waals surface area contributed by atoms with Crippen molar-refractivity contribution >= 4 is 57.8 Å². The van der Waals surface area contributed by atoms with Crippen LogP contribution in [0.25, 0.3) is 6.08 Å². The zero-order valence-corrected chi connectivity index (χ0v) is 14.9. The first-order valence-corrected chi connectivity index (χ1v) is 8.52. The summed E-state index contributed by atoms with van der Waals surface area (Å²) in [5.74, 6) is 0.498. The van der Waals surface area contributed by atoms with Gasteiger partial charge in [0.15, 0.2) is 5.17 Å². The number of amidine groups is 1. The topological polar surface area (TPSA) is 50.7 Å². The largest absolute Gasteiger partial charge is 0.496 e. The Labute approximate surface area is 153 Å². The second-order valence-corrected chi connectivity index (χ2v) is 6.67. The number of hydrogen-bond acceptors (Lipinski definition) is 4. The summed E-state index contributed by atoms with van der Waals surface area (Å²) in [6, 6.07) is 12.5. The van der Waals surface area contributed by atoms with Crippen LogP contribution in [-0.2, 0) is 4.79 Å². The molecule has 0 aliphatic carbocycles. The van der Waals surface area contributed by atoms with Crippen LogP contribution in [0.2, 0.25) is 10.0 Å². The Morgan fingerprint density at radius 3 is 2.71 bits per heavy atom. The molecule has 4 nitrogen and oxygen atoms in total. The lowest BCUT2D eigenvalue weighted by atomic mass is 10.2. The fourth-order valence-electron chi connectivity index (χ4n) is 2.08. The highest BCUT2D eigenvalue weighted by Gasteiger charge is 2.24. The molecular weight excluding hydrogens is 367 g/mol. The number of para-hydroxylation sites is 1. The molecule has 7 heteroatoms. The molecule has 0 aromatic heterocycles. The molecule has 0 bridgehead atoms.